The van der Waals surface area contributed by atoms with Crippen LogP contribution in [0.5, 0.6) is 11.5 Å². The maximum atomic E-state index is 15.4. The number of carboxylic acid groups (broad SMARTS) is 1. The topological polar surface area (TPSA) is 143 Å². The zero-order valence-electron chi connectivity index (χ0n) is 25.8. The number of carboxylic acids is 1. The van der Waals surface area contributed by atoms with Gasteiger partial charge in [-0.3, -0.25) is 4.79 Å². The maximum Gasteiger partial charge on any atom is 0.330 e. The lowest BCUT2D eigenvalue weighted by atomic mass is 10.1. The van der Waals surface area contributed by atoms with Crippen LogP contribution in [0.1, 0.15) is 57.6 Å². The second kappa shape index (κ2) is 13.4. The Kier molecular flexibility index (Phi) is 9.56. The molecule has 1 aliphatic carbocycles. The van der Waals surface area contributed by atoms with Gasteiger partial charge in [0.05, 0.1) is 19.4 Å². The normalized spacial score (nSPS) is 22.4. The Balaban J connectivity index is 1.42. The lowest BCUT2D eigenvalue weighted by Crippen LogP contribution is -2.55. The standard InChI is InChI=1S/C32H38FN5O6S/c1-18(2)23-17-45-29(35-23)22-15-25(20-10-11-24(43-4)26(33)27(20)34-22)44-14-12-21-28(39)37-32(30(40)41)16-19(32)9-7-5-6-8-13-38(3)31(42)36-21/h7,9-11,15,17-19,21H,5-6,8,12-14,16H2,1-4H3,(H,36,42)(H,37,39)(H,40,41). The molecule has 3 atom stereocenters. The number of fused-ring (bicyclic) bond motifs is 2. The molecule has 45 heavy (non-hydrogen) atoms. The van der Waals surface area contributed by atoms with Gasteiger partial charge in [-0.15, -0.1) is 11.3 Å². The number of nitrogens with one attached hydrogen (secondary N) is 2. The Morgan fingerprint density at radius 1 is 1.24 bits per heavy atom. The molecule has 1 fully saturated rings. The summed E-state index contributed by atoms with van der Waals surface area (Å²) in [6, 6.07) is 3.28. The van der Waals surface area contributed by atoms with E-state index in [0.29, 0.717) is 28.4 Å². The molecule has 11 nitrogen and oxygen atoms in total. The molecule has 0 bridgehead atoms. The minimum absolute atomic E-state index is 0.0220. The summed E-state index contributed by atoms with van der Waals surface area (Å²) in [6.45, 7) is 4.51. The minimum atomic E-state index is -1.41. The van der Waals surface area contributed by atoms with Crippen molar-refractivity contribution in [3.63, 3.8) is 0 Å². The first-order valence-corrected chi connectivity index (χ1v) is 15.9. The zero-order valence-corrected chi connectivity index (χ0v) is 26.6. The first-order valence-electron chi connectivity index (χ1n) is 15.0. The lowest BCUT2D eigenvalue weighted by molar-refractivity contribution is -0.143. The summed E-state index contributed by atoms with van der Waals surface area (Å²) in [5, 5.41) is 18.3. The summed E-state index contributed by atoms with van der Waals surface area (Å²) in [4.78, 5) is 49.4. The monoisotopic (exact) mass is 639 g/mol. The maximum absolute atomic E-state index is 15.4. The van der Waals surface area contributed by atoms with Gasteiger partial charge in [-0.2, -0.15) is 0 Å². The number of hydrogen-bond acceptors (Lipinski definition) is 8. The van der Waals surface area contributed by atoms with E-state index in [0.717, 1.165) is 25.0 Å². The van der Waals surface area contributed by atoms with E-state index < -0.39 is 35.3 Å². The Bertz CT molecular complexity index is 1630. The Morgan fingerprint density at radius 2 is 2.04 bits per heavy atom. The third kappa shape index (κ3) is 6.87. The smallest absolute Gasteiger partial charge is 0.330 e. The fourth-order valence-electron chi connectivity index (χ4n) is 5.32. The molecule has 3 N–H and O–H groups in total. The third-order valence-corrected chi connectivity index (χ3v) is 9.13. The molecular formula is C32H38FN5O6S. The number of carbonyl (C=O) groups is 3. The van der Waals surface area contributed by atoms with E-state index in [9.17, 15) is 19.5 Å². The van der Waals surface area contributed by atoms with Crippen LogP contribution in [0, 0.1) is 11.7 Å². The summed E-state index contributed by atoms with van der Waals surface area (Å²) in [7, 11) is 3.02. The molecule has 0 radical (unpaired) electrons. The van der Waals surface area contributed by atoms with E-state index >= 15 is 4.39 Å². The number of urea groups is 1. The van der Waals surface area contributed by atoms with Gasteiger partial charge < -0.3 is 30.1 Å². The van der Waals surface area contributed by atoms with E-state index in [1.54, 1.807) is 19.2 Å². The highest BCUT2D eigenvalue weighted by atomic mass is 32.1. The van der Waals surface area contributed by atoms with Crippen LogP contribution < -0.4 is 20.1 Å². The van der Waals surface area contributed by atoms with Crippen molar-refractivity contribution in [3.05, 3.63) is 47.2 Å². The molecule has 0 saturated heterocycles. The molecule has 2 aromatic heterocycles. The molecule has 3 heterocycles. The molecule has 3 amide bonds. The van der Waals surface area contributed by atoms with Crippen LogP contribution in [0.25, 0.3) is 21.6 Å². The third-order valence-electron chi connectivity index (χ3n) is 8.25. The number of nitrogens with zero attached hydrogens (tertiary/aromatic N) is 3. The Hall–Kier alpha value is -4.26. The first kappa shape index (κ1) is 32.1. The fourth-order valence-corrected chi connectivity index (χ4v) is 6.26. The number of ether oxygens (including phenoxy) is 2. The fraction of sp³-hybridized carbons (Fsp3) is 0.469. The van der Waals surface area contributed by atoms with Gasteiger partial charge in [-0.1, -0.05) is 26.0 Å². The van der Waals surface area contributed by atoms with Crippen molar-refractivity contribution in [2.24, 2.45) is 5.92 Å². The molecular weight excluding hydrogens is 601 g/mol. The summed E-state index contributed by atoms with van der Waals surface area (Å²) in [5.41, 5.74) is -0.0602. The van der Waals surface area contributed by atoms with E-state index in [-0.39, 0.29) is 42.6 Å². The second-order valence-corrected chi connectivity index (χ2v) is 12.6. The number of halogens is 1. The van der Waals surface area contributed by atoms with Crippen molar-refractivity contribution >= 4 is 40.1 Å². The van der Waals surface area contributed by atoms with Crippen molar-refractivity contribution in [1.82, 2.24) is 25.5 Å². The number of aliphatic carboxylic acids is 1. The van der Waals surface area contributed by atoms with Crippen LogP contribution in [-0.4, -0.2) is 76.8 Å². The summed E-state index contributed by atoms with van der Waals surface area (Å²) >= 11 is 1.39. The Labute approximate surface area is 264 Å². The number of carbonyl (C=O) groups excluding carboxylic acids is 2. The first-order chi connectivity index (χ1) is 21.5. The number of benzene rings is 1. The summed E-state index contributed by atoms with van der Waals surface area (Å²) in [6.07, 6.45) is 6.47. The van der Waals surface area contributed by atoms with Gasteiger partial charge in [0.1, 0.15) is 33.5 Å². The molecule has 3 aromatic rings. The highest BCUT2D eigenvalue weighted by Crippen LogP contribution is 2.45. The van der Waals surface area contributed by atoms with Crippen LogP contribution >= 0.6 is 11.3 Å². The average molecular weight is 640 g/mol. The van der Waals surface area contributed by atoms with Crippen LogP contribution in [0.3, 0.4) is 0 Å². The van der Waals surface area contributed by atoms with Crippen molar-refractivity contribution in [2.75, 3.05) is 27.3 Å². The van der Waals surface area contributed by atoms with Crippen LogP contribution in [-0.2, 0) is 9.59 Å². The predicted octanol–water partition coefficient (Wildman–Crippen LogP) is 5.11. The molecule has 5 rings (SSSR count). The van der Waals surface area contributed by atoms with Gasteiger partial charge >= 0.3 is 12.0 Å². The number of aromatic nitrogens is 2. The number of thiazole rings is 1. The van der Waals surface area contributed by atoms with Crippen molar-refractivity contribution in [2.45, 2.75) is 63.5 Å². The van der Waals surface area contributed by atoms with E-state index in [4.69, 9.17) is 9.47 Å². The number of allylic oxidation sites excluding steroid dienone is 1. The largest absolute Gasteiger partial charge is 0.494 e. The van der Waals surface area contributed by atoms with Gasteiger partial charge in [-0.25, -0.2) is 23.9 Å². The van der Waals surface area contributed by atoms with Crippen molar-refractivity contribution < 1.29 is 33.4 Å². The second-order valence-electron chi connectivity index (χ2n) is 11.8. The minimum Gasteiger partial charge on any atom is -0.494 e. The quantitative estimate of drug-likeness (QED) is 0.289. The van der Waals surface area contributed by atoms with Crippen LogP contribution in [0.2, 0.25) is 0 Å². The molecule has 0 spiro atoms. The molecule has 1 aromatic carbocycles. The molecule has 13 heteroatoms. The Morgan fingerprint density at radius 3 is 2.76 bits per heavy atom. The molecule has 2 aliphatic rings. The van der Waals surface area contributed by atoms with Gasteiger partial charge in [0.25, 0.3) is 0 Å². The van der Waals surface area contributed by atoms with Crippen molar-refractivity contribution in [1.29, 1.82) is 0 Å². The number of pyridine rings is 1. The highest BCUT2D eigenvalue weighted by molar-refractivity contribution is 7.13. The van der Waals surface area contributed by atoms with Gasteiger partial charge in [0.15, 0.2) is 11.6 Å². The predicted molar refractivity (Wildman–Crippen MR) is 168 cm³/mol. The number of rotatable bonds is 8. The zero-order chi connectivity index (χ0) is 32.3. The number of amides is 3. The average Bonchev–Trinajstić information content (AvgIpc) is 3.47. The molecule has 3 unspecified atom stereocenters. The molecule has 240 valence electrons. The summed E-state index contributed by atoms with van der Waals surface area (Å²) in [5.74, 6) is -2.16. The van der Waals surface area contributed by atoms with Gasteiger partial charge in [0, 0.05) is 42.8 Å². The van der Waals surface area contributed by atoms with Gasteiger partial charge in [0.2, 0.25) is 5.91 Å². The summed E-state index contributed by atoms with van der Waals surface area (Å²) < 4.78 is 26.7. The number of methoxy groups -OCH3 is 1. The molecule has 1 saturated carbocycles. The van der Waals surface area contributed by atoms with Crippen LogP contribution in [0.15, 0.2) is 35.7 Å². The van der Waals surface area contributed by atoms with Crippen LogP contribution in [0.4, 0.5) is 9.18 Å². The number of hydrogen-bond donors (Lipinski definition) is 3. The highest BCUT2D eigenvalue weighted by Gasteiger charge is 2.60. The lowest BCUT2D eigenvalue weighted by Gasteiger charge is -2.25. The SMILES string of the molecule is COc1ccc2c(OCCC3NC(=O)N(C)CCCCC=CC4CC4(C(=O)O)NC3=O)cc(-c3nc(C(C)C)cs3)nc2c1F. The van der Waals surface area contributed by atoms with E-state index in [1.807, 2.05) is 31.4 Å². The van der Waals surface area contributed by atoms with Gasteiger partial charge in [-0.05, 0) is 43.7 Å². The van der Waals surface area contributed by atoms with E-state index in [1.165, 1.54) is 29.4 Å². The van der Waals surface area contributed by atoms with E-state index in [2.05, 4.69) is 20.6 Å². The molecule has 1 aliphatic heterocycles. The van der Waals surface area contributed by atoms with Crippen molar-refractivity contribution in [3.8, 4) is 22.2 Å².